The molecule has 78 valence electrons. The Hall–Kier alpha value is -0.530. The molecule has 0 aliphatic carbocycles. The van der Waals surface area contributed by atoms with Crippen LogP contribution >= 0.6 is 11.6 Å². The summed E-state index contributed by atoms with van der Waals surface area (Å²) in [4.78, 5) is 0. The van der Waals surface area contributed by atoms with Crippen molar-refractivity contribution in [1.82, 2.24) is 0 Å². The van der Waals surface area contributed by atoms with Gasteiger partial charge in [-0.25, -0.2) is 0 Å². The third-order valence-electron chi connectivity index (χ3n) is 2.94. The summed E-state index contributed by atoms with van der Waals surface area (Å²) in [6, 6.07) is 5.65. The fourth-order valence-electron chi connectivity index (χ4n) is 1.47. The van der Waals surface area contributed by atoms with Crippen LogP contribution in [0.5, 0.6) is 0 Å². The summed E-state index contributed by atoms with van der Waals surface area (Å²) in [6.07, 6.45) is 0. The minimum Gasteiger partial charge on any atom is -0.385 e. The maximum Gasteiger partial charge on any atom is 0.0894 e. The lowest BCUT2D eigenvalue weighted by Gasteiger charge is -2.30. The molecule has 1 N–H and O–H groups in total. The first-order valence-electron chi connectivity index (χ1n) is 4.85. The standard InChI is InChI=1S/C12H17ClO/c1-8(2)12(4,14)10-6-5-7-11(13)9(10)3/h5-8,14H,1-4H3. The van der Waals surface area contributed by atoms with E-state index in [1.54, 1.807) is 0 Å². The van der Waals surface area contributed by atoms with Crippen molar-refractivity contribution in [2.45, 2.75) is 33.3 Å². The largest absolute Gasteiger partial charge is 0.385 e. The summed E-state index contributed by atoms with van der Waals surface area (Å²) < 4.78 is 0. The lowest BCUT2D eigenvalue weighted by Crippen LogP contribution is -2.28. The Balaban J connectivity index is 3.26. The van der Waals surface area contributed by atoms with Crippen LogP contribution in [0.2, 0.25) is 5.02 Å². The number of rotatable bonds is 2. The van der Waals surface area contributed by atoms with E-state index in [4.69, 9.17) is 11.6 Å². The lowest BCUT2D eigenvalue weighted by molar-refractivity contribution is 0.00848. The van der Waals surface area contributed by atoms with E-state index in [9.17, 15) is 5.11 Å². The first-order chi connectivity index (χ1) is 6.37. The second-order valence-electron chi connectivity index (χ2n) is 4.21. The normalized spacial score (nSPS) is 15.6. The Morgan fingerprint density at radius 1 is 1.36 bits per heavy atom. The van der Waals surface area contributed by atoms with Gasteiger partial charge in [-0.3, -0.25) is 0 Å². The van der Waals surface area contributed by atoms with E-state index in [2.05, 4.69) is 0 Å². The Kier molecular flexibility index (Phi) is 3.23. The predicted octanol–water partition coefficient (Wildman–Crippen LogP) is 3.51. The second-order valence-corrected chi connectivity index (χ2v) is 4.62. The van der Waals surface area contributed by atoms with Crippen molar-refractivity contribution < 1.29 is 5.11 Å². The molecule has 1 aromatic carbocycles. The third-order valence-corrected chi connectivity index (χ3v) is 3.35. The van der Waals surface area contributed by atoms with Crippen molar-refractivity contribution in [3.8, 4) is 0 Å². The average molecular weight is 213 g/mol. The van der Waals surface area contributed by atoms with Crippen LogP contribution in [0.15, 0.2) is 18.2 Å². The maximum atomic E-state index is 10.3. The van der Waals surface area contributed by atoms with E-state index in [0.717, 1.165) is 11.1 Å². The monoisotopic (exact) mass is 212 g/mol. The van der Waals surface area contributed by atoms with Gasteiger partial charge in [0.2, 0.25) is 0 Å². The zero-order valence-electron chi connectivity index (χ0n) is 9.13. The van der Waals surface area contributed by atoms with Gasteiger partial charge in [0, 0.05) is 5.02 Å². The minimum absolute atomic E-state index is 0.166. The summed E-state index contributed by atoms with van der Waals surface area (Å²) in [5.41, 5.74) is 1.07. The number of benzene rings is 1. The third kappa shape index (κ3) is 1.94. The molecular weight excluding hydrogens is 196 g/mol. The Morgan fingerprint density at radius 2 is 1.93 bits per heavy atom. The van der Waals surface area contributed by atoms with Crippen molar-refractivity contribution in [1.29, 1.82) is 0 Å². The average Bonchev–Trinajstić information content (AvgIpc) is 2.09. The smallest absolute Gasteiger partial charge is 0.0894 e. The van der Waals surface area contributed by atoms with Crippen molar-refractivity contribution in [3.05, 3.63) is 34.3 Å². The predicted molar refractivity (Wildman–Crippen MR) is 60.6 cm³/mol. The molecule has 0 fully saturated rings. The molecule has 1 atom stereocenters. The molecule has 0 radical (unpaired) electrons. The van der Waals surface area contributed by atoms with Gasteiger partial charge in [0.1, 0.15) is 0 Å². The van der Waals surface area contributed by atoms with Crippen LogP contribution in [0, 0.1) is 12.8 Å². The van der Waals surface area contributed by atoms with Gasteiger partial charge in [0.25, 0.3) is 0 Å². The highest BCUT2D eigenvalue weighted by Gasteiger charge is 2.29. The fraction of sp³-hybridized carbons (Fsp3) is 0.500. The molecule has 0 aliphatic rings. The van der Waals surface area contributed by atoms with Crippen molar-refractivity contribution >= 4 is 11.6 Å². The van der Waals surface area contributed by atoms with Gasteiger partial charge in [-0.1, -0.05) is 37.6 Å². The molecule has 1 rings (SSSR count). The summed E-state index contributed by atoms with van der Waals surface area (Å²) in [5.74, 6) is 0.166. The van der Waals surface area contributed by atoms with Crippen LogP contribution in [0.3, 0.4) is 0 Å². The number of halogens is 1. The topological polar surface area (TPSA) is 20.2 Å². The van der Waals surface area contributed by atoms with Crippen LogP contribution in [-0.2, 0) is 5.60 Å². The van der Waals surface area contributed by atoms with E-state index in [1.165, 1.54) is 0 Å². The molecule has 0 aromatic heterocycles. The molecule has 0 spiro atoms. The first-order valence-corrected chi connectivity index (χ1v) is 5.23. The quantitative estimate of drug-likeness (QED) is 0.796. The molecular formula is C12H17ClO. The van der Waals surface area contributed by atoms with E-state index in [0.29, 0.717) is 5.02 Å². The fourth-order valence-corrected chi connectivity index (χ4v) is 1.64. The molecule has 1 unspecified atom stereocenters. The number of hydrogen-bond acceptors (Lipinski definition) is 1. The molecule has 14 heavy (non-hydrogen) atoms. The van der Waals surface area contributed by atoms with Crippen molar-refractivity contribution in [3.63, 3.8) is 0 Å². The van der Waals surface area contributed by atoms with Gasteiger partial charge < -0.3 is 5.11 Å². The Morgan fingerprint density at radius 3 is 2.43 bits per heavy atom. The van der Waals surface area contributed by atoms with Crippen LogP contribution in [0.1, 0.15) is 31.9 Å². The van der Waals surface area contributed by atoms with Crippen LogP contribution in [-0.4, -0.2) is 5.11 Å². The number of aliphatic hydroxyl groups is 1. The molecule has 0 amide bonds. The highest BCUT2D eigenvalue weighted by Crippen LogP contribution is 2.33. The molecule has 1 aromatic rings. The lowest BCUT2D eigenvalue weighted by atomic mass is 9.83. The van der Waals surface area contributed by atoms with E-state index in [1.807, 2.05) is 45.9 Å². The van der Waals surface area contributed by atoms with Crippen LogP contribution < -0.4 is 0 Å². The summed E-state index contributed by atoms with van der Waals surface area (Å²) in [5, 5.41) is 11.0. The van der Waals surface area contributed by atoms with Gasteiger partial charge in [0.05, 0.1) is 5.60 Å². The molecule has 0 heterocycles. The molecule has 0 saturated heterocycles. The molecule has 0 aliphatic heterocycles. The van der Waals surface area contributed by atoms with Gasteiger partial charge in [-0.2, -0.15) is 0 Å². The Labute approximate surface area is 90.7 Å². The highest BCUT2D eigenvalue weighted by atomic mass is 35.5. The second kappa shape index (κ2) is 3.92. The molecule has 1 nitrogen and oxygen atoms in total. The maximum absolute atomic E-state index is 10.3. The van der Waals surface area contributed by atoms with Crippen molar-refractivity contribution in [2.24, 2.45) is 5.92 Å². The van der Waals surface area contributed by atoms with Gasteiger partial charge in [-0.15, -0.1) is 0 Å². The van der Waals surface area contributed by atoms with E-state index in [-0.39, 0.29) is 5.92 Å². The van der Waals surface area contributed by atoms with E-state index >= 15 is 0 Å². The van der Waals surface area contributed by atoms with Crippen molar-refractivity contribution in [2.75, 3.05) is 0 Å². The van der Waals surface area contributed by atoms with Gasteiger partial charge in [-0.05, 0) is 37.0 Å². The first kappa shape index (κ1) is 11.5. The van der Waals surface area contributed by atoms with Crippen LogP contribution in [0.25, 0.3) is 0 Å². The van der Waals surface area contributed by atoms with Crippen LogP contribution in [0.4, 0.5) is 0 Å². The van der Waals surface area contributed by atoms with Gasteiger partial charge in [0.15, 0.2) is 0 Å². The van der Waals surface area contributed by atoms with Gasteiger partial charge >= 0.3 is 0 Å². The zero-order valence-corrected chi connectivity index (χ0v) is 9.89. The molecule has 0 saturated carbocycles. The highest BCUT2D eigenvalue weighted by molar-refractivity contribution is 6.31. The summed E-state index contributed by atoms with van der Waals surface area (Å²) >= 11 is 6.01. The summed E-state index contributed by atoms with van der Waals surface area (Å²) in [7, 11) is 0. The SMILES string of the molecule is Cc1c(Cl)cccc1C(C)(O)C(C)C. The summed E-state index contributed by atoms with van der Waals surface area (Å²) in [6.45, 7) is 7.77. The Bertz CT molecular complexity index is 329. The van der Waals surface area contributed by atoms with E-state index < -0.39 is 5.60 Å². The number of hydrogen-bond donors (Lipinski definition) is 1. The molecule has 0 bridgehead atoms. The molecule has 2 heteroatoms. The zero-order chi connectivity index (χ0) is 10.9. The minimum atomic E-state index is -0.811.